The van der Waals surface area contributed by atoms with Crippen LogP contribution < -0.4 is 0 Å². The highest BCUT2D eigenvalue weighted by molar-refractivity contribution is 4.57. The van der Waals surface area contributed by atoms with Gasteiger partial charge in [0, 0.05) is 0 Å². The van der Waals surface area contributed by atoms with Crippen LogP contribution in [0.2, 0.25) is 0 Å². The third-order valence-corrected chi connectivity index (χ3v) is 2.92. The zero-order valence-electron chi connectivity index (χ0n) is 10.1. The SMILES string of the molecule is CCCC(CC)CCCCC(C)C. The van der Waals surface area contributed by atoms with E-state index < -0.39 is 0 Å². The fourth-order valence-corrected chi connectivity index (χ4v) is 1.95. The summed E-state index contributed by atoms with van der Waals surface area (Å²) in [5.41, 5.74) is 0. The van der Waals surface area contributed by atoms with Crippen LogP contribution >= 0.6 is 0 Å². The number of unbranched alkanes of at least 4 members (excludes halogenated alkanes) is 1. The summed E-state index contributed by atoms with van der Waals surface area (Å²) in [4.78, 5) is 0. The molecule has 0 heteroatoms. The first kappa shape index (κ1) is 13.0. The van der Waals surface area contributed by atoms with Gasteiger partial charge in [-0.05, 0) is 11.8 Å². The lowest BCUT2D eigenvalue weighted by Crippen LogP contribution is -1.98. The van der Waals surface area contributed by atoms with Gasteiger partial charge in [-0.15, -0.1) is 0 Å². The molecule has 1 unspecified atom stereocenters. The molecule has 0 aliphatic heterocycles. The highest BCUT2D eigenvalue weighted by Gasteiger charge is 2.04. The van der Waals surface area contributed by atoms with Crippen molar-refractivity contribution in [2.24, 2.45) is 11.8 Å². The van der Waals surface area contributed by atoms with Gasteiger partial charge in [-0.3, -0.25) is 0 Å². The van der Waals surface area contributed by atoms with Crippen LogP contribution in [-0.2, 0) is 0 Å². The van der Waals surface area contributed by atoms with Gasteiger partial charge in [-0.1, -0.05) is 72.6 Å². The minimum absolute atomic E-state index is 0.895. The van der Waals surface area contributed by atoms with E-state index in [1.165, 1.54) is 44.9 Å². The van der Waals surface area contributed by atoms with Crippen molar-refractivity contribution in [2.45, 2.75) is 72.6 Å². The lowest BCUT2D eigenvalue weighted by molar-refractivity contribution is 0.401. The van der Waals surface area contributed by atoms with E-state index in [9.17, 15) is 0 Å². The topological polar surface area (TPSA) is 0 Å². The Hall–Kier alpha value is 0. The first-order valence-electron chi connectivity index (χ1n) is 6.20. The molecule has 0 N–H and O–H groups in total. The molecule has 80 valence electrons. The smallest absolute Gasteiger partial charge is 0.0417 e. The first-order valence-corrected chi connectivity index (χ1v) is 6.20. The van der Waals surface area contributed by atoms with Crippen molar-refractivity contribution in [1.82, 2.24) is 0 Å². The highest BCUT2D eigenvalue weighted by Crippen LogP contribution is 2.19. The molecular formula is C13H28. The molecule has 0 aliphatic rings. The Bertz CT molecular complexity index is 94.2. The molecular weight excluding hydrogens is 156 g/mol. The Morgan fingerprint density at radius 2 is 1.46 bits per heavy atom. The molecule has 0 saturated carbocycles. The zero-order valence-corrected chi connectivity index (χ0v) is 10.1. The van der Waals surface area contributed by atoms with Crippen LogP contribution in [0.4, 0.5) is 0 Å². The van der Waals surface area contributed by atoms with Gasteiger partial charge in [-0.2, -0.15) is 0 Å². The molecule has 0 nitrogen and oxygen atoms in total. The molecule has 13 heavy (non-hydrogen) atoms. The molecule has 0 radical (unpaired) electrons. The molecule has 0 aromatic rings. The standard InChI is InChI=1S/C13H28/c1-5-9-13(6-2)11-8-7-10-12(3)4/h12-13H,5-11H2,1-4H3. The molecule has 0 bridgehead atoms. The van der Waals surface area contributed by atoms with Crippen molar-refractivity contribution in [3.63, 3.8) is 0 Å². The highest BCUT2D eigenvalue weighted by atomic mass is 14.1. The summed E-state index contributed by atoms with van der Waals surface area (Å²) >= 11 is 0. The molecule has 0 rings (SSSR count). The summed E-state index contributed by atoms with van der Waals surface area (Å²) in [6.45, 7) is 9.28. The number of rotatable bonds is 8. The second-order valence-electron chi connectivity index (χ2n) is 4.74. The molecule has 0 amide bonds. The van der Waals surface area contributed by atoms with Crippen LogP contribution in [0.25, 0.3) is 0 Å². The van der Waals surface area contributed by atoms with Crippen LogP contribution in [-0.4, -0.2) is 0 Å². The molecule has 1 atom stereocenters. The lowest BCUT2D eigenvalue weighted by Gasteiger charge is -2.13. The van der Waals surface area contributed by atoms with Crippen LogP contribution in [0.15, 0.2) is 0 Å². The first-order chi connectivity index (χ1) is 6.20. The average molecular weight is 184 g/mol. The number of hydrogen-bond acceptors (Lipinski definition) is 0. The molecule has 0 aliphatic carbocycles. The second-order valence-corrected chi connectivity index (χ2v) is 4.74. The maximum absolute atomic E-state index is 2.34. The fraction of sp³-hybridized carbons (Fsp3) is 1.00. The van der Waals surface area contributed by atoms with E-state index in [4.69, 9.17) is 0 Å². The normalized spacial score (nSPS) is 13.6. The summed E-state index contributed by atoms with van der Waals surface area (Å²) < 4.78 is 0. The van der Waals surface area contributed by atoms with E-state index in [2.05, 4.69) is 27.7 Å². The third-order valence-electron chi connectivity index (χ3n) is 2.92. The van der Waals surface area contributed by atoms with Gasteiger partial charge in [0.2, 0.25) is 0 Å². The van der Waals surface area contributed by atoms with Crippen molar-refractivity contribution < 1.29 is 0 Å². The van der Waals surface area contributed by atoms with Crippen LogP contribution in [0.5, 0.6) is 0 Å². The summed E-state index contributed by atoms with van der Waals surface area (Å²) in [6, 6.07) is 0. The van der Waals surface area contributed by atoms with Gasteiger partial charge in [0.1, 0.15) is 0 Å². The van der Waals surface area contributed by atoms with Crippen molar-refractivity contribution >= 4 is 0 Å². The Labute approximate surface area is 85.1 Å². The Balaban J connectivity index is 3.27. The van der Waals surface area contributed by atoms with Gasteiger partial charge in [0.25, 0.3) is 0 Å². The minimum Gasteiger partial charge on any atom is -0.0654 e. The van der Waals surface area contributed by atoms with Gasteiger partial charge in [-0.25, -0.2) is 0 Å². The Morgan fingerprint density at radius 1 is 0.846 bits per heavy atom. The van der Waals surface area contributed by atoms with Crippen LogP contribution in [0, 0.1) is 11.8 Å². The predicted molar refractivity (Wildman–Crippen MR) is 62.0 cm³/mol. The van der Waals surface area contributed by atoms with Crippen molar-refractivity contribution in [3.8, 4) is 0 Å². The molecule has 0 fully saturated rings. The number of hydrogen-bond donors (Lipinski definition) is 0. The summed E-state index contributed by atoms with van der Waals surface area (Å²) in [7, 11) is 0. The summed E-state index contributed by atoms with van der Waals surface area (Å²) in [6.07, 6.45) is 9.98. The molecule has 0 saturated heterocycles. The monoisotopic (exact) mass is 184 g/mol. The van der Waals surface area contributed by atoms with E-state index in [1.54, 1.807) is 0 Å². The fourth-order valence-electron chi connectivity index (χ4n) is 1.95. The van der Waals surface area contributed by atoms with E-state index >= 15 is 0 Å². The van der Waals surface area contributed by atoms with E-state index in [0.717, 1.165) is 11.8 Å². The van der Waals surface area contributed by atoms with E-state index in [0.29, 0.717) is 0 Å². The van der Waals surface area contributed by atoms with Gasteiger partial charge >= 0.3 is 0 Å². The molecule has 0 aromatic carbocycles. The van der Waals surface area contributed by atoms with E-state index in [1.807, 2.05) is 0 Å². The van der Waals surface area contributed by atoms with Crippen molar-refractivity contribution in [2.75, 3.05) is 0 Å². The Kier molecular flexibility index (Phi) is 8.59. The maximum Gasteiger partial charge on any atom is -0.0417 e. The van der Waals surface area contributed by atoms with Gasteiger partial charge in [0.15, 0.2) is 0 Å². The Morgan fingerprint density at radius 3 is 1.92 bits per heavy atom. The van der Waals surface area contributed by atoms with Crippen molar-refractivity contribution in [3.05, 3.63) is 0 Å². The second kappa shape index (κ2) is 8.59. The quantitative estimate of drug-likeness (QED) is 0.464. The van der Waals surface area contributed by atoms with Crippen LogP contribution in [0.1, 0.15) is 72.6 Å². The molecule has 0 spiro atoms. The lowest BCUT2D eigenvalue weighted by atomic mass is 9.93. The van der Waals surface area contributed by atoms with Crippen LogP contribution in [0.3, 0.4) is 0 Å². The minimum atomic E-state index is 0.895. The van der Waals surface area contributed by atoms with Gasteiger partial charge in [0.05, 0.1) is 0 Å². The zero-order chi connectivity index (χ0) is 10.1. The predicted octanol–water partition coefficient (Wildman–Crippen LogP) is 5.03. The summed E-state index contributed by atoms with van der Waals surface area (Å²) in [5.74, 6) is 1.91. The average Bonchev–Trinajstić information content (AvgIpc) is 2.10. The molecule has 0 aromatic heterocycles. The van der Waals surface area contributed by atoms with E-state index in [-0.39, 0.29) is 0 Å². The largest absolute Gasteiger partial charge is 0.0654 e. The molecule has 0 heterocycles. The van der Waals surface area contributed by atoms with Crippen molar-refractivity contribution in [1.29, 1.82) is 0 Å². The summed E-state index contributed by atoms with van der Waals surface area (Å²) in [5, 5.41) is 0. The maximum atomic E-state index is 2.34. The third kappa shape index (κ3) is 8.33. The van der Waals surface area contributed by atoms with Gasteiger partial charge < -0.3 is 0 Å².